The summed E-state index contributed by atoms with van der Waals surface area (Å²) in [5, 5.41) is 15.2. The Kier molecular flexibility index (Phi) is 4.21. The molecule has 0 aliphatic carbocycles. The van der Waals surface area contributed by atoms with Gasteiger partial charge in [0.25, 0.3) is 0 Å². The molecular formula is C13H18FN5. The van der Waals surface area contributed by atoms with Crippen LogP contribution in [0.4, 0.5) is 4.39 Å². The molecule has 102 valence electrons. The molecule has 2 aromatic rings. The second-order valence-electron chi connectivity index (χ2n) is 4.49. The Labute approximate surface area is 111 Å². The summed E-state index contributed by atoms with van der Waals surface area (Å²) < 4.78 is 14.2. The Bertz CT molecular complexity index is 552. The molecule has 6 heteroatoms. The van der Waals surface area contributed by atoms with Crippen LogP contribution < -0.4 is 5.32 Å². The number of nitrogens with zero attached hydrogens (tertiary/aromatic N) is 4. The molecule has 0 aliphatic heterocycles. The lowest BCUT2D eigenvalue weighted by Gasteiger charge is -2.18. The molecule has 1 aromatic heterocycles. The van der Waals surface area contributed by atoms with Crippen LogP contribution in [0.3, 0.4) is 0 Å². The van der Waals surface area contributed by atoms with Crippen molar-refractivity contribution < 1.29 is 4.39 Å². The normalized spacial score (nSPS) is 12.6. The highest BCUT2D eigenvalue weighted by Gasteiger charge is 2.18. The average Bonchev–Trinajstić information content (AvgIpc) is 2.78. The molecule has 0 amide bonds. The maximum atomic E-state index is 14.2. The predicted octanol–water partition coefficient (Wildman–Crippen LogP) is 1.55. The molecule has 0 bridgehead atoms. The van der Waals surface area contributed by atoms with Crippen LogP contribution in [0.1, 0.15) is 29.9 Å². The monoisotopic (exact) mass is 263 g/mol. The van der Waals surface area contributed by atoms with E-state index in [9.17, 15) is 4.39 Å². The third kappa shape index (κ3) is 3.14. The summed E-state index contributed by atoms with van der Waals surface area (Å²) in [4.78, 5) is 1.41. The first-order valence-electron chi connectivity index (χ1n) is 6.33. The van der Waals surface area contributed by atoms with Crippen LogP contribution in [0.15, 0.2) is 18.2 Å². The van der Waals surface area contributed by atoms with E-state index in [1.54, 1.807) is 26.1 Å². The highest BCUT2D eigenvalue weighted by atomic mass is 19.1. The molecule has 0 spiro atoms. The molecule has 1 unspecified atom stereocenters. The number of aryl methyl sites for hydroxylation is 2. The Hall–Kier alpha value is -1.82. The van der Waals surface area contributed by atoms with Gasteiger partial charge in [-0.25, -0.2) is 4.39 Å². The van der Waals surface area contributed by atoms with Crippen molar-refractivity contribution in [2.24, 2.45) is 7.05 Å². The van der Waals surface area contributed by atoms with Crippen LogP contribution in [0.25, 0.3) is 0 Å². The highest BCUT2D eigenvalue weighted by Crippen LogP contribution is 2.22. The smallest absolute Gasteiger partial charge is 0.176 e. The van der Waals surface area contributed by atoms with E-state index in [-0.39, 0.29) is 11.9 Å². The molecule has 2 rings (SSSR count). The van der Waals surface area contributed by atoms with E-state index < -0.39 is 0 Å². The topological polar surface area (TPSA) is 55.6 Å². The van der Waals surface area contributed by atoms with Crippen molar-refractivity contribution in [3.05, 3.63) is 41.0 Å². The summed E-state index contributed by atoms with van der Waals surface area (Å²) in [6, 6.07) is 5.28. The van der Waals surface area contributed by atoms with Gasteiger partial charge < -0.3 is 5.32 Å². The lowest BCUT2D eigenvalue weighted by atomic mass is 10.0. The SMILES string of the molecule is CCNC(Cc1nnn(C)n1)c1cccc(C)c1F. The first-order valence-corrected chi connectivity index (χ1v) is 6.33. The van der Waals surface area contributed by atoms with Crippen LogP contribution in [0.2, 0.25) is 0 Å². The minimum atomic E-state index is -0.169. The summed E-state index contributed by atoms with van der Waals surface area (Å²) >= 11 is 0. The number of benzene rings is 1. The second-order valence-corrected chi connectivity index (χ2v) is 4.49. The summed E-state index contributed by atoms with van der Waals surface area (Å²) in [5.41, 5.74) is 1.29. The molecule has 1 N–H and O–H groups in total. The number of rotatable bonds is 5. The van der Waals surface area contributed by atoms with Gasteiger partial charge in [-0.15, -0.1) is 10.2 Å². The molecule has 0 aliphatic rings. The van der Waals surface area contributed by atoms with Crippen molar-refractivity contribution in [3.63, 3.8) is 0 Å². The van der Waals surface area contributed by atoms with Crippen molar-refractivity contribution in [1.29, 1.82) is 0 Å². The molecule has 19 heavy (non-hydrogen) atoms. The quantitative estimate of drug-likeness (QED) is 0.889. The lowest BCUT2D eigenvalue weighted by Crippen LogP contribution is -2.24. The molecule has 0 saturated heterocycles. The zero-order valence-corrected chi connectivity index (χ0v) is 11.4. The van der Waals surface area contributed by atoms with Crippen LogP contribution >= 0.6 is 0 Å². The maximum Gasteiger partial charge on any atom is 0.176 e. The van der Waals surface area contributed by atoms with Crippen LogP contribution in [0, 0.1) is 12.7 Å². The molecule has 1 aromatic carbocycles. The number of tetrazole rings is 1. The maximum absolute atomic E-state index is 14.2. The predicted molar refractivity (Wildman–Crippen MR) is 70.1 cm³/mol. The van der Waals surface area contributed by atoms with Crippen molar-refractivity contribution in [2.75, 3.05) is 6.54 Å². The fraction of sp³-hybridized carbons (Fsp3) is 0.462. The highest BCUT2D eigenvalue weighted by molar-refractivity contribution is 5.28. The number of aromatic nitrogens is 4. The van der Waals surface area contributed by atoms with E-state index in [4.69, 9.17) is 0 Å². The van der Waals surface area contributed by atoms with Gasteiger partial charge in [-0.05, 0) is 24.2 Å². The number of hydrogen-bond acceptors (Lipinski definition) is 4. The molecule has 0 saturated carbocycles. The molecule has 0 radical (unpaired) electrons. The molecule has 0 fully saturated rings. The van der Waals surface area contributed by atoms with Gasteiger partial charge in [0.2, 0.25) is 0 Å². The average molecular weight is 263 g/mol. The second kappa shape index (κ2) is 5.88. The van der Waals surface area contributed by atoms with Gasteiger partial charge in [0, 0.05) is 18.0 Å². The van der Waals surface area contributed by atoms with Crippen LogP contribution in [-0.2, 0) is 13.5 Å². The number of halogens is 1. The summed E-state index contributed by atoms with van der Waals surface area (Å²) in [7, 11) is 1.71. The van der Waals surface area contributed by atoms with E-state index in [1.807, 2.05) is 13.0 Å². The number of likely N-dealkylation sites (N-methyl/N-ethyl adjacent to an activating group) is 1. The fourth-order valence-electron chi connectivity index (χ4n) is 2.07. The largest absolute Gasteiger partial charge is 0.310 e. The minimum absolute atomic E-state index is 0.144. The minimum Gasteiger partial charge on any atom is -0.310 e. The molecule has 5 nitrogen and oxygen atoms in total. The Balaban J connectivity index is 2.26. The summed E-state index contributed by atoms with van der Waals surface area (Å²) in [6.07, 6.45) is 0.516. The van der Waals surface area contributed by atoms with Crippen molar-refractivity contribution in [1.82, 2.24) is 25.5 Å². The van der Waals surface area contributed by atoms with E-state index in [1.165, 1.54) is 4.80 Å². The van der Waals surface area contributed by atoms with Gasteiger partial charge in [0.05, 0.1) is 7.05 Å². The van der Waals surface area contributed by atoms with Gasteiger partial charge in [-0.2, -0.15) is 4.80 Å². The van der Waals surface area contributed by atoms with Gasteiger partial charge in [0.1, 0.15) is 5.82 Å². The van der Waals surface area contributed by atoms with Crippen LogP contribution in [0.5, 0.6) is 0 Å². The van der Waals surface area contributed by atoms with Crippen LogP contribution in [-0.4, -0.2) is 26.8 Å². The van der Waals surface area contributed by atoms with Crippen molar-refractivity contribution in [3.8, 4) is 0 Å². The van der Waals surface area contributed by atoms with E-state index in [0.29, 0.717) is 23.4 Å². The zero-order chi connectivity index (χ0) is 13.8. The standard InChI is InChI=1S/C13H18FN5/c1-4-15-11(8-12-16-18-19(3)17-12)10-7-5-6-9(2)13(10)14/h5-7,11,15H,4,8H2,1-3H3. The first kappa shape index (κ1) is 13.6. The summed E-state index contributed by atoms with van der Waals surface area (Å²) in [5.74, 6) is 0.437. The van der Waals surface area contributed by atoms with E-state index in [2.05, 4.69) is 20.7 Å². The van der Waals surface area contributed by atoms with E-state index >= 15 is 0 Å². The third-order valence-corrected chi connectivity index (χ3v) is 2.98. The van der Waals surface area contributed by atoms with Gasteiger partial charge in [-0.3, -0.25) is 0 Å². The number of nitrogens with one attached hydrogen (secondary N) is 1. The third-order valence-electron chi connectivity index (χ3n) is 2.98. The molecular weight excluding hydrogens is 245 g/mol. The van der Waals surface area contributed by atoms with Gasteiger partial charge >= 0.3 is 0 Å². The molecule has 1 atom stereocenters. The Morgan fingerprint density at radius 3 is 2.84 bits per heavy atom. The zero-order valence-electron chi connectivity index (χ0n) is 11.4. The Morgan fingerprint density at radius 1 is 1.42 bits per heavy atom. The summed E-state index contributed by atoms with van der Waals surface area (Å²) in [6.45, 7) is 4.51. The Morgan fingerprint density at radius 2 is 2.21 bits per heavy atom. The lowest BCUT2D eigenvalue weighted by molar-refractivity contribution is 0.498. The van der Waals surface area contributed by atoms with Crippen molar-refractivity contribution >= 4 is 0 Å². The van der Waals surface area contributed by atoms with E-state index in [0.717, 1.165) is 6.54 Å². The first-order chi connectivity index (χ1) is 9.11. The van der Waals surface area contributed by atoms with Crippen molar-refractivity contribution in [2.45, 2.75) is 26.3 Å². The fourth-order valence-corrected chi connectivity index (χ4v) is 2.07. The van der Waals surface area contributed by atoms with Gasteiger partial charge in [-0.1, -0.05) is 25.1 Å². The number of hydrogen-bond donors (Lipinski definition) is 1. The van der Waals surface area contributed by atoms with Gasteiger partial charge in [0.15, 0.2) is 5.82 Å². The molecule has 1 heterocycles.